The van der Waals surface area contributed by atoms with Crippen LogP contribution in [0.3, 0.4) is 0 Å². The molecule has 1 aromatic rings. The zero-order valence-corrected chi connectivity index (χ0v) is 6.78. The Bertz CT molecular complexity index is 306. The zero-order chi connectivity index (χ0) is 8.55. The first-order valence-electron chi connectivity index (χ1n) is 3.82. The van der Waals surface area contributed by atoms with E-state index in [-0.39, 0.29) is 12.1 Å². The molecule has 12 heavy (non-hydrogen) atoms. The van der Waals surface area contributed by atoms with Crippen molar-refractivity contribution >= 4 is 6.09 Å². The van der Waals surface area contributed by atoms with Crippen LogP contribution < -0.4 is 5.32 Å². The van der Waals surface area contributed by atoms with Gasteiger partial charge in [0.15, 0.2) is 0 Å². The van der Waals surface area contributed by atoms with Crippen LogP contribution in [0.15, 0.2) is 18.3 Å². The van der Waals surface area contributed by atoms with Gasteiger partial charge in [0.25, 0.3) is 0 Å². The molecule has 0 aliphatic carbocycles. The van der Waals surface area contributed by atoms with Crippen molar-refractivity contribution in [2.75, 3.05) is 6.61 Å². The molecule has 0 aromatic carbocycles. The Kier molecular flexibility index (Phi) is 1.53. The highest BCUT2D eigenvalue weighted by molar-refractivity contribution is 5.69. The Morgan fingerprint density at radius 1 is 1.75 bits per heavy atom. The highest BCUT2D eigenvalue weighted by Crippen LogP contribution is 2.17. The van der Waals surface area contributed by atoms with Crippen molar-refractivity contribution in [3.05, 3.63) is 24.0 Å². The van der Waals surface area contributed by atoms with Gasteiger partial charge in [-0.05, 0) is 12.1 Å². The number of aromatic nitrogens is 1. The number of cyclic esters (lactones) is 1. The summed E-state index contributed by atoms with van der Waals surface area (Å²) in [5.41, 5.74) is 1.07. The average molecular weight is 166 g/mol. The summed E-state index contributed by atoms with van der Waals surface area (Å²) in [5.74, 6) is 0. The summed E-state index contributed by atoms with van der Waals surface area (Å²) in [5, 5.41) is 2.72. The molecule has 2 heterocycles. The average Bonchev–Trinajstić information content (AvgIpc) is 2.58. The Morgan fingerprint density at radius 3 is 3.08 bits per heavy atom. The van der Waals surface area contributed by atoms with Crippen LogP contribution in [0, 0.1) is 0 Å². The SMILES string of the molecule is Cn1cccc1C1COC(=O)N1. The van der Waals surface area contributed by atoms with Crippen LogP contribution in [0.5, 0.6) is 0 Å². The summed E-state index contributed by atoms with van der Waals surface area (Å²) in [6, 6.07) is 3.93. The standard InChI is InChI=1S/C8H10N2O2/c1-10-4-2-3-7(10)6-5-12-8(11)9-6/h2-4,6H,5H2,1H3,(H,9,11). The second-order valence-corrected chi connectivity index (χ2v) is 2.84. The molecule has 1 aliphatic heterocycles. The van der Waals surface area contributed by atoms with Crippen LogP contribution >= 0.6 is 0 Å². The third kappa shape index (κ3) is 1.05. The minimum atomic E-state index is -0.332. The lowest BCUT2D eigenvalue weighted by Crippen LogP contribution is -2.20. The molecular formula is C8H10N2O2. The van der Waals surface area contributed by atoms with Crippen molar-refractivity contribution in [2.24, 2.45) is 7.05 Å². The summed E-state index contributed by atoms with van der Waals surface area (Å²) in [4.78, 5) is 10.7. The topological polar surface area (TPSA) is 43.3 Å². The fraction of sp³-hybridized carbons (Fsp3) is 0.375. The lowest BCUT2D eigenvalue weighted by Gasteiger charge is -2.07. The summed E-state index contributed by atoms with van der Waals surface area (Å²) in [6.07, 6.45) is 1.61. The number of aryl methyl sites for hydroxylation is 1. The van der Waals surface area contributed by atoms with Crippen LogP contribution in [0.1, 0.15) is 11.7 Å². The van der Waals surface area contributed by atoms with Crippen molar-refractivity contribution < 1.29 is 9.53 Å². The van der Waals surface area contributed by atoms with Crippen LogP contribution in [0.2, 0.25) is 0 Å². The molecule has 0 spiro atoms. The first kappa shape index (κ1) is 7.21. The van der Waals surface area contributed by atoms with E-state index in [2.05, 4.69) is 5.32 Å². The number of nitrogens with one attached hydrogen (secondary N) is 1. The van der Waals surface area contributed by atoms with E-state index in [1.54, 1.807) is 0 Å². The van der Waals surface area contributed by atoms with E-state index < -0.39 is 0 Å². The molecule has 1 aliphatic rings. The Morgan fingerprint density at radius 2 is 2.58 bits per heavy atom. The normalized spacial score (nSPS) is 22.1. The maximum Gasteiger partial charge on any atom is 0.407 e. The molecule has 1 fully saturated rings. The highest BCUT2D eigenvalue weighted by Gasteiger charge is 2.24. The summed E-state index contributed by atoms with van der Waals surface area (Å²) in [6.45, 7) is 0.427. The molecular weight excluding hydrogens is 156 g/mol. The lowest BCUT2D eigenvalue weighted by atomic mass is 10.2. The van der Waals surface area contributed by atoms with Crippen molar-refractivity contribution in [1.82, 2.24) is 9.88 Å². The number of amides is 1. The molecule has 1 saturated heterocycles. The lowest BCUT2D eigenvalue weighted by molar-refractivity contribution is 0.176. The molecule has 1 amide bonds. The summed E-state index contributed by atoms with van der Waals surface area (Å²) >= 11 is 0. The van der Waals surface area contributed by atoms with E-state index in [1.807, 2.05) is 29.9 Å². The largest absolute Gasteiger partial charge is 0.447 e. The molecule has 2 rings (SSSR count). The minimum Gasteiger partial charge on any atom is -0.447 e. The minimum absolute atomic E-state index is 0.0116. The first-order chi connectivity index (χ1) is 5.77. The van der Waals surface area contributed by atoms with Gasteiger partial charge in [0.05, 0.1) is 0 Å². The van der Waals surface area contributed by atoms with Gasteiger partial charge in [-0.15, -0.1) is 0 Å². The van der Waals surface area contributed by atoms with Gasteiger partial charge >= 0.3 is 6.09 Å². The smallest absolute Gasteiger partial charge is 0.407 e. The van der Waals surface area contributed by atoms with Gasteiger partial charge in [-0.2, -0.15) is 0 Å². The van der Waals surface area contributed by atoms with Crippen LogP contribution in [0.25, 0.3) is 0 Å². The number of rotatable bonds is 1. The fourth-order valence-electron chi connectivity index (χ4n) is 1.38. The quantitative estimate of drug-likeness (QED) is 0.670. The molecule has 64 valence electrons. The summed E-state index contributed by atoms with van der Waals surface area (Å²) in [7, 11) is 1.94. The van der Waals surface area contributed by atoms with Gasteiger partial charge in [0, 0.05) is 18.9 Å². The number of carbonyl (C=O) groups excluding carboxylic acids is 1. The monoisotopic (exact) mass is 166 g/mol. The Balaban J connectivity index is 2.21. The predicted molar refractivity (Wildman–Crippen MR) is 42.6 cm³/mol. The van der Waals surface area contributed by atoms with E-state index in [9.17, 15) is 4.79 Å². The second-order valence-electron chi connectivity index (χ2n) is 2.84. The fourth-order valence-corrected chi connectivity index (χ4v) is 1.38. The number of alkyl carbamates (subject to hydrolysis) is 1. The number of ether oxygens (including phenoxy) is 1. The number of carbonyl (C=O) groups is 1. The van der Waals surface area contributed by atoms with E-state index >= 15 is 0 Å². The second kappa shape index (κ2) is 2.55. The molecule has 4 nitrogen and oxygen atoms in total. The van der Waals surface area contributed by atoms with Gasteiger partial charge in [0.2, 0.25) is 0 Å². The van der Waals surface area contributed by atoms with E-state index in [0.717, 1.165) is 5.69 Å². The third-order valence-corrected chi connectivity index (χ3v) is 2.01. The predicted octanol–water partition coefficient (Wildman–Crippen LogP) is 0.806. The third-order valence-electron chi connectivity index (χ3n) is 2.01. The first-order valence-corrected chi connectivity index (χ1v) is 3.82. The van der Waals surface area contributed by atoms with Gasteiger partial charge in [-0.1, -0.05) is 0 Å². The van der Waals surface area contributed by atoms with Gasteiger partial charge in [-0.3, -0.25) is 0 Å². The maximum absolute atomic E-state index is 10.7. The van der Waals surface area contributed by atoms with Crippen molar-refractivity contribution in [1.29, 1.82) is 0 Å². The van der Waals surface area contributed by atoms with E-state index in [1.165, 1.54) is 0 Å². The van der Waals surface area contributed by atoms with Gasteiger partial charge in [0.1, 0.15) is 12.6 Å². The molecule has 1 aromatic heterocycles. The van der Waals surface area contributed by atoms with E-state index in [4.69, 9.17) is 4.74 Å². The maximum atomic E-state index is 10.7. The van der Waals surface area contributed by atoms with Crippen molar-refractivity contribution in [3.8, 4) is 0 Å². The van der Waals surface area contributed by atoms with Crippen LogP contribution in [0.4, 0.5) is 4.79 Å². The molecule has 1 N–H and O–H groups in total. The van der Waals surface area contributed by atoms with Crippen molar-refractivity contribution in [3.63, 3.8) is 0 Å². The van der Waals surface area contributed by atoms with Crippen LogP contribution in [-0.4, -0.2) is 17.3 Å². The van der Waals surface area contributed by atoms with Crippen molar-refractivity contribution in [2.45, 2.75) is 6.04 Å². The molecule has 0 radical (unpaired) electrons. The van der Waals surface area contributed by atoms with E-state index in [0.29, 0.717) is 6.61 Å². The Labute approximate surface area is 70.1 Å². The van der Waals surface area contributed by atoms with Crippen LogP contribution in [-0.2, 0) is 11.8 Å². The molecule has 1 atom stereocenters. The Hall–Kier alpha value is -1.45. The number of nitrogens with zero attached hydrogens (tertiary/aromatic N) is 1. The molecule has 1 unspecified atom stereocenters. The number of hydrogen-bond donors (Lipinski definition) is 1. The highest BCUT2D eigenvalue weighted by atomic mass is 16.6. The van der Waals surface area contributed by atoms with Gasteiger partial charge in [-0.25, -0.2) is 4.79 Å². The molecule has 0 saturated carbocycles. The zero-order valence-electron chi connectivity index (χ0n) is 6.78. The summed E-state index contributed by atoms with van der Waals surface area (Å²) < 4.78 is 6.75. The number of hydrogen-bond acceptors (Lipinski definition) is 2. The molecule has 4 heteroatoms. The molecule has 0 bridgehead atoms. The van der Waals surface area contributed by atoms with Gasteiger partial charge < -0.3 is 14.6 Å².